The van der Waals surface area contributed by atoms with Crippen LogP contribution in [0.15, 0.2) is 83.8 Å². The second-order valence-electron chi connectivity index (χ2n) is 9.15. The Hall–Kier alpha value is -3.20. The lowest BCUT2D eigenvalue weighted by Crippen LogP contribution is -2.49. The molecule has 0 aromatic heterocycles. The van der Waals surface area contributed by atoms with Gasteiger partial charge in [-0.05, 0) is 35.7 Å². The quantitative estimate of drug-likeness (QED) is 0.487. The molecule has 7 nitrogen and oxygen atoms in total. The van der Waals surface area contributed by atoms with Crippen molar-refractivity contribution in [2.75, 3.05) is 44.7 Å². The SMILES string of the molecule is COc1ccc(S(=O)(=O)N2CCN(C(c3ccccc3)c3ccccc3)CC2)cc1N1CCCC1=O. The molecule has 2 aliphatic rings. The van der Waals surface area contributed by atoms with Crippen LogP contribution in [0.5, 0.6) is 5.75 Å². The van der Waals surface area contributed by atoms with Crippen molar-refractivity contribution in [3.63, 3.8) is 0 Å². The molecule has 188 valence electrons. The summed E-state index contributed by atoms with van der Waals surface area (Å²) < 4.78 is 34.2. The molecule has 5 rings (SSSR count). The van der Waals surface area contributed by atoms with Crippen molar-refractivity contribution in [1.82, 2.24) is 9.21 Å². The van der Waals surface area contributed by atoms with E-state index in [4.69, 9.17) is 4.74 Å². The minimum Gasteiger partial charge on any atom is -0.495 e. The lowest BCUT2D eigenvalue weighted by molar-refractivity contribution is -0.117. The molecule has 2 saturated heterocycles. The summed E-state index contributed by atoms with van der Waals surface area (Å²) in [5.41, 5.74) is 2.90. The number of hydrogen-bond acceptors (Lipinski definition) is 5. The number of sulfonamides is 1. The summed E-state index contributed by atoms with van der Waals surface area (Å²) >= 11 is 0. The Labute approximate surface area is 212 Å². The Morgan fingerprint density at radius 2 is 1.42 bits per heavy atom. The van der Waals surface area contributed by atoms with Gasteiger partial charge < -0.3 is 9.64 Å². The molecule has 0 N–H and O–H groups in total. The first kappa shape index (κ1) is 24.5. The highest BCUT2D eigenvalue weighted by Crippen LogP contribution is 2.35. The van der Waals surface area contributed by atoms with E-state index in [2.05, 4.69) is 29.2 Å². The molecule has 36 heavy (non-hydrogen) atoms. The van der Waals surface area contributed by atoms with Gasteiger partial charge in [-0.15, -0.1) is 0 Å². The number of methoxy groups -OCH3 is 1. The van der Waals surface area contributed by atoms with Gasteiger partial charge in [0.2, 0.25) is 15.9 Å². The maximum atomic E-state index is 13.6. The summed E-state index contributed by atoms with van der Waals surface area (Å²) in [5, 5.41) is 0. The third-order valence-electron chi connectivity index (χ3n) is 7.02. The fourth-order valence-corrected chi connectivity index (χ4v) is 6.62. The summed E-state index contributed by atoms with van der Waals surface area (Å²) in [4.78, 5) is 16.5. The first-order valence-electron chi connectivity index (χ1n) is 12.3. The van der Waals surface area contributed by atoms with Gasteiger partial charge in [0.05, 0.1) is 23.7 Å². The third-order valence-corrected chi connectivity index (χ3v) is 8.92. The molecular formula is C28H31N3O4S. The van der Waals surface area contributed by atoms with Crippen molar-refractivity contribution in [2.24, 2.45) is 0 Å². The predicted molar refractivity (Wildman–Crippen MR) is 140 cm³/mol. The fraction of sp³-hybridized carbons (Fsp3) is 0.321. The van der Waals surface area contributed by atoms with Crippen molar-refractivity contribution in [3.05, 3.63) is 90.0 Å². The van der Waals surface area contributed by atoms with Gasteiger partial charge >= 0.3 is 0 Å². The topological polar surface area (TPSA) is 70.2 Å². The smallest absolute Gasteiger partial charge is 0.243 e. The van der Waals surface area contributed by atoms with Crippen molar-refractivity contribution < 1.29 is 17.9 Å². The van der Waals surface area contributed by atoms with Crippen LogP contribution in [0, 0.1) is 0 Å². The largest absolute Gasteiger partial charge is 0.495 e. The second-order valence-corrected chi connectivity index (χ2v) is 11.1. The van der Waals surface area contributed by atoms with E-state index in [1.54, 1.807) is 27.4 Å². The fourth-order valence-electron chi connectivity index (χ4n) is 5.18. The van der Waals surface area contributed by atoms with Gasteiger partial charge in [-0.25, -0.2) is 8.42 Å². The Kier molecular flexibility index (Phi) is 7.09. The van der Waals surface area contributed by atoms with Gasteiger partial charge in [0.15, 0.2) is 0 Å². The molecule has 3 aromatic carbocycles. The summed E-state index contributed by atoms with van der Waals surface area (Å²) in [6.07, 6.45) is 1.22. The molecule has 2 fully saturated rings. The molecule has 0 aliphatic carbocycles. The number of carbonyl (C=O) groups excluding carboxylic acids is 1. The van der Waals surface area contributed by atoms with E-state index in [1.807, 2.05) is 36.4 Å². The summed E-state index contributed by atoms with van der Waals surface area (Å²) in [7, 11) is -2.19. The zero-order chi connectivity index (χ0) is 25.1. The van der Waals surface area contributed by atoms with Gasteiger partial charge in [-0.3, -0.25) is 9.69 Å². The number of hydrogen-bond donors (Lipinski definition) is 0. The van der Waals surface area contributed by atoms with Crippen molar-refractivity contribution >= 4 is 21.6 Å². The molecular weight excluding hydrogens is 474 g/mol. The molecule has 1 amide bonds. The van der Waals surface area contributed by atoms with Crippen LogP contribution in [0.4, 0.5) is 5.69 Å². The van der Waals surface area contributed by atoms with Crippen molar-refractivity contribution in [3.8, 4) is 5.75 Å². The molecule has 0 spiro atoms. The van der Waals surface area contributed by atoms with Crippen LogP contribution in [-0.4, -0.2) is 63.4 Å². The lowest BCUT2D eigenvalue weighted by Gasteiger charge is -2.39. The zero-order valence-electron chi connectivity index (χ0n) is 20.4. The molecule has 8 heteroatoms. The third kappa shape index (κ3) is 4.76. The maximum absolute atomic E-state index is 13.6. The minimum atomic E-state index is -3.72. The molecule has 0 bridgehead atoms. The van der Waals surface area contributed by atoms with Crippen LogP contribution in [0.1, 0.15) is 30.0 Å². The monoisotopic (exact) mass is 505 g/mol. The van der Waals surface area contributed by atoms with E-state index < -0.39 is 10.0 Å². The van der Waals surface area contributed by atoms with Gasteiger partial charge in [0.25, 0.3) is 0 Å². The molecule has 0 unspecified atom stereocenters. The second kappa shape index (κ2) is 10.4. The first-order chi connectivity index (χ1) is 17.5. The van der Waals surface area contributed by atoms with Crippen LogP contribution in [0.2, 0.25) is 0 Å². The standard InChI is InChI=1S/C28H31N3O4S/c1-35-26-15-14-24(21-25(26)31-16-8-13-27(31)32)36(33,34)30-19-17-29(18-20-30)28(22-9-4-2-5-10-22)23-11-6-3-7-12-23/h2-7,9-12,14-15,21,28H,8,13,16-20H2,1H3. The van der Waals surface area contributed by atoms with Gasteiger partial charge in [0.1, 0.15) is 5.75 Å². The number of nitrogens with zero attached hydrogens (tertiary/aromatic N) is 3. The molecule has 0 radical (unpaired) electrons. The number of rotatable bonds is 7. The predicted octanol–water partition coefficient (Wildman–Crippen LogP) is 3.92. The number of piperazine rings is 1. The van der Waals surface area contributed by atoms with E-state index >= 15 is 0 Å². The minimum absolute atomic E-state index is 0.00988. The summed E-state index contributed by atoms with van der Waals surface area (Å²) in [6, 6.07) is 25.5. The lowest BCUT2D eigenvalue weighted by atomic mass is 9.96. The average molecular weight is 506 g/mol. The summed E-state index contributed by atoms with van der Waals surface area (Å²) in [6.45, 7) is 2.57. The molecule has 0 saturated carbocycles. The zero-order valence-corrected chi connectivity index (χ0v) is 21.2. The van der Waals surface area contributed by atoms with Crippen LogP contribution >= 0.6 is 0 Å². The number of amides is 1. The average Bonchev–Trinajstić information content (AvgIpc) is 3.35. The highest BCUT2D eigenvalue weighted by atomic mass is 32.2. The Morgan fingerprint density at radius 1 is 0.806 bits per heavy atom. The van der Waals surface area contributed by atoms with Gasteiger partial charge in [-0.2, -0.15) is 4.31 Å². The molecule has 2 heterocycles. The highest BCUT2D eigenvalue weighted by molar-refractivity contribution is 7.89. The van der Waals surface area contributed by atoms with Crippen LogP contribution < -0.4 is 9.64 Å². The van der Waals surface area contributed by atoms with Crippen molar-refractivity contribution in [2.45, 2.75) is 23.8 Å². The Bertz CT molecular complexity index is 1270. The van der Waals surface area contributed by atoms with Crippen LogP contribution in [0.25, 0.3) is 0 Å². The number of carbonyl (C=O) groups is 1. The molecule has 3 aromatic rings. The van der Waals surface area contributed by atoms with E-state index in [0.29, 0.717) is 50.6 Å². The van der Waals surface area contributed by atoms with Gasteiger partial charge in [-0.1, -0.05) is 60.7 Å². The van der Waals surface area contributed by atoms with E-state index in [9.17, 15) is 13.2 Å². The number of benzene rings is 3. The summed E-state index contributed by atoms with van der Waals surface area (Å²) in [5.74, 6) is 0.493. The Balaban J connectivity index is 1.37. The van der Waals surface area contributed by atoms with Crippen molar-refractivity contribution in [1.29, 1.82) is 0 Å². The van der Waals surface area contributed by atoms with Crippen LogP contribution in [-0.2, 0) is 14.8 Å². The molecule has 2 aliphatic heterocycles. The van der Waals surface area contributed by atoms with Gasteiger partial charge in [0, 0.05) is 39.1 Å². The maximum Gasteiger partial charge on any atom is 0.243 e. The molecule has 0 atom stereocenters. The Morgan fingerprint density at radius 3 is 1.94 bits per heavy atom. The van der Waals surface area contributed by atoms with E-state index in [0.717, 1.165) is 6.42 Å². The number of ether oxygens (including phenoxy) is 1. The van der Waals surface area contributed by atoms with Crippen LogP contribution in [0.3, 0.4) is 0 Å². The highest BCUT2D eigenvalue weighted by Gasteiger charge is 2.33. The normalized spacial score (nSPS) is 17.6. The van der Waals surface area contributed by atoms with E-state index in [1.165, 1.54) is 18.2 Å². The van der Waals surface area contributed by atoms with E-state index in [-0.39, 0.29) is 16.8 Å². The number of anilines is 1. The first-order valence-corrected chi connectivity index (χ1v) is 13.8.